The van der Waals surface area contributed by atoms with Crippen LogP contribution in [0.15, 0.2) is 36.9 Å². The third-order valence-electron chi connectivity index (χ3n) is 3.76. The summed E-state index contributed by atoms with van der Waals surface area (Å²) in [5.74, 6) is 1.61. The molecule has 3 aromatic rings. The Morgan fingerprint density at radius 1 is 1.38 bits per heavy atom. The van der Waals surface area contributed by atoms with Gasteiger partial charge in [-0.2, -0.15) is 14.6 Å². The Balaban J connectivity index is 2.04. The summed E-state index contributed by atoms with van der Waals surface area (Å²) in [5.41, 5.74) is 2.17. The van der Waals surface area contributed by atoms with Gasteiger partial charge in [-0.15, -0.1) is 0 Å². The van der Waals surface area contributed by atoms with Crippen molar-refractivity contribution in [3.63, 3.8) is 0 Å². The lowest BCUT2D eigenvalue weighted by Gasteiger charge is -2.27. The molecule has 3 aromatic heterocycles. The Morgan fingerprint density at radius 3 is 2.95 bits per heavy atom. The zero-order chi connectivity index (χ0) is 14.8. The highest BCUT2D eigenvalue weighted by Crippen LogP contribution is 2.25. The van der Waals surface area contributed by atoms with Crippen molar-refractivity contribution in [3.05, 3.63) is 48.2 Å². The van der Waals surface area contributed by atoms with E-state index in [1.165, 1.54) is 6.33 Å². The quantitative estimate of drug-likeness (QED) is 0.734. The van der Waals surface area contributed by atoms with Crippen molar-refractivity contribution in [2.24, 2.45) is 0 Å². The first kappa shape index (κ1) is 13.5. The molecule has 6 heteroatoms. The van der Waals surface area contributed by atoms with Crippen molar-refractivity contribution < 1.29 is 0 Å². The molecule has 108 valence electrons. The molecule has 0 aliphatic carbocycles. The Hall–Kier alpha value is -2.50. The zero-order valence-corrected chi connectivity index (χ0v) is 12.4. The number of fused-ring (bicyclic) bond motifs is 1. The normalized spacial score (nSPS) is 12.5. The van der Waals surface area contributed by atoms with Crippen LogP contribution in [-0.4, -0.2) is 31.6 Å². The minimum absolute atomic E-state index is 0.179. The minimum atomic E-state index is 0.179. The molecule has 0 aromatic carbocycles. The fourth-order valence-corrected chi connectivity index (χ4v) is 2.32. The van der Waals surface area contributed by atoms with Gasteiger partial charge in [-0.25, -0.2) is 4.98 Å². The molecule has 3 heterocycles. The largest absolute Gasteiger partial charge is 0.353 e. The molecule has 0 saturated carbocycles. The predicted molar refractivity (Wildman–Crippen MR) is 81.2 cm³/mol. The van der Waals surface area contributed by atoms with Crippen LogP contribution in [0, 0.1) is 0 Å². The number of pyridine rings is 1. The van der Waals surface area contributed by atoms with E-state index in [1.807, 2.05) is 19.3 Å². The molecule has 0 saturated heterocycles. The second kappa shape index (κ2) is 5.47. The summed E-state index contributed by atoms with van der Waals surface area (Å²) in [7, 11) is 2.05. The van der Waals surface area contributed by atoms with E-state index < -0.39 is 0 Å². The lowest BCUT2D eigenvalue weighted by molar-refractivity contribution is 0.704. The molecule has 0 amide bonds. The Morgan fingerprint density at radius 2 is 2.24 bits per heavy atom. The van der Waals surface area contributed by atoms with Gasteiger partial charge >= 0.3 is 0 Å². The van der Waals surface area contributed by atoms with Gasteiger partial charge in [0.15, 0.2) is 0 Å². The molecule has 0 aliphatic heterocycles. The smallest absolute Gasteiger partial charge is 0.254 e. The van der Waals surface area contributed by atoms with Crippen molar-refractivity contribution in [1.82, 2.24) is 24.6 Å². The lowest BCUT2D eigenvalue weighted by atomic mass is 10.1. The average Bonchev–Trinajstić information content (AvgIpc) is 3.01. The van der Waals surface area contributed by atoms with Crippen LogP contribution in [0.2, 0.25) is 0 Å². The first-order valence-electron chi connectivity index (χ1n) is 7.03. The van der Waals surface area contributed by atoms with E-state index in [9.17, 15) is 0 Å². The van der Waals surface area contributed by atoms with Gasteiger partial charge in [0, 0.05) is 31.2 Å². The van der Waals surface area contributed by atoms with Gasteiger partial charge < -0.3 is 4.90 Å². The Kier molecular flexibility index (Phi) is 3.51. The highest BCUT2D eigenvalue weighted by atomic mass is 15.4. The second-order valence-electron chi connectivity index (χ2n) is 5.00. The number of aromatic nitrogens is 5. The topological polar surface area (TPSA) is 59.2 Å². The van der Waals surface area contributed by atoms with Crippen molar-refractivity contribution >= 4 is 11.6 Å². The van der Waals surface area contributed by atoms with Gasteiger partial charge in [0.05, 0.1) is 6.04 Å². The number of nitrogens with zero attached hydrogens (tertiary/aromatic N) is 6. The number of hydrogen-bond donors (Lipinski definition) is 0. The maximum Gasteiger partial charge on any atom is 0.254 e. The molecule has 0 bridgehead atoms. The summed E-state index contributed by atoms with van der Waals surface area (Å²) >= 11 is 0. The van der Waals surface area contributed by atoms with Crippen LogP contribution >= 0.6 is 0 Å². The summed E-state index contributed by atoms with van der Waals surface area (Å²) in [6.07, 6.45) is 6.08. The number of hydrogen-bond acceptors (Lipinski definition) is 5. The summed E-state index contributed by atoms with van der Waals surface area (Å²) in [6.45, 7) is 4.23. The van der Waals surface area contributed by atoms with Gasteiger partial charge in [0.1, 0.15) is 12.1 Å². The van der Waals surface area contributed by atoms with Crippen molar-refractivity contribution in [2.45, 2.75) is 26.3 Å². The molecule has 0 aliphatic rings. The summed E-state index contributed by atoms with van der Waals surface area (Å²) in [5, 5.41) is 4.28. The van der Waals surface area contributed by atoms with E-state index in [4.69, 9.17) is 0 Å². The van der Waals surface area contributed by atoms with E-state index in [0.29, 0.717) is 5.78 Å². The molecule has 0 radical (unpaired) electrons. The van der Waals surface area contributed by atoms with Crippen LogP contribution in [-0.2, 0) is 6.42 Å². The van der Waals surface area contributed by atoms with Crippen molar-refractivity contribution in [1.29, 1.82) is 0 Å². The molecule has 3 rings (SSSR count). The maximum absolute atomic E-state index is 4.48. The Bertz CT molecular complexity index is 736. The lowest BCUT2D eigenvalue weighted by Crippen LogP contribution is -2.24. The Labute approximate surface area is 123 Å². The molecule has 0 fully saturated rings. The predicted octanol–water partition coefficient (Wildman–Crippen LogP) is 2.28. The molecule has 0 N–H and O–H groups in total. The van der Waals surface area contributed by atoms with E-state index in [1.54, 1.807) is 10.7 Å². The van der Waals surface area contributed by atoms with E-state index in [2.05, 4.69) is 50.9 Å². The monoisotopic (exact) mass is 282 g/mol. The van der Waals surface area contributed by atoms with Gasteiger partial charge in [0.2, 0.25) is 0 Å². The summed E-state index contributed by atoms with van der Waals surface area (Å²) < 4.78 is 1.77. The van der Waals surface area contributed by atoms with Crippen LogP contribution in [0.5, 0.6) is 0 Å². The van der Waals surface area contributed by atoms with Crippen LogP contribution in [0.3, 0.4) is 0 Å². The van der Waals surface area contributed by atoms with Gasteiger partial charge in [-0.1, -0.05) is 13.0 Å². The fraction of sp³-hybridized carbons (Fsp3) is 0.333. The standard InChI is InChI=1S/C15H18N6/c1-4-13-8-14(21-15(19-13)17-10-18-21)20(3)11(2)12-6-5-7-16-9-12/h5-11H,4H2,1-3H3/t11-/m1/s1. The van der Waals surface area contributed by atoms with Crippen LogP contribution in [0.1, 0.15) is 31.1 Å². The molecular weight excluding hydrogens is 264 g/mol. The summed E-state index contributed by atoms with van der Waals surface area (Å²) in [6, 6.07) is 6.27. The number of rotatable bonds is 4. The van der Waals surface area contributed by atoms with Crippen LogP contribution < -0.4 is 4.90 Å². The summed E-state index contributed by atoms with van der Waals surface area (Å²) in [4.78, 5) is 15.0. The van der Waals surface area contributed by atoms with Gasteiger partial charge in [-0.3, -0.25) is 4.98 Å². The highest BCUT2D eigenvalue weighted by molar-refractivity contribution is 5.48. The van der Waals surface area contributed by atoms with Crippen molar-refractivity contribution in [3.8, 4) is 0 Å². The van der Waals surface area contributed by atoms with E-state index in [0.717, 1.165) is 23.5 Å². The maximum atomic E-state index is 4.48. The first-order valence-corrected chi connectivity index (χ1v) is 7.03. The number of anilines is 1. The van der Waals surface area contributed by atoms with Crippen LogP contribution in [0.4, 0.5) is 5.82 Å². The molecule has 21 heavy (non-hydrogen) atoms. The zero-order valence-electron chi connectivity index (χ0n) is 12.4. The first-order chi connectivity index (χ1) is 10.2. The average molecular weight is 282 g/mol. The van der Waals surface area contributed by atoms with Crippen molar-refractivity contribution in [2.75, 3.05) is 11.9 Å². The minimum Gasteiger partial charge on any atom is -0.353 e. The van der Waals surface area contributed by atoms with Gasteiger partial charge in [0.25, 0.3) is 5.78 Å². The molecular formula is C15H18N6. The fourth-order valence-electron chi connectivity index (χ4n) is 2.32. The number of aryl methyl sites for hydroxylation is 1. The van der Waals surface area contributed by atoms with E-state index in [-0.39, 0.29) is 6.04 Å². The molecule has 0 unspecified atom stereocenters. The SMILES string of the molecule is CCc1cc(N(C)[C@H](C)c2cccnc2)n2ncnc2n1. The third-order valence-corrected chi connectivity index (χ3v) is 3.76. The molecule has 6 nitrogen and oxygen atoms in total. The molecule has 0 spiro atoms. The highest BCUT2D eigenvalue weighted by Gasteiger charge is 2.17. The van der Waals surface area contributed by atoms with E-state index >= 15 is 0 Å². The van der Waals surface area contributed by atoms with Gasteiger partial charge in [-0.05, 0) is 25.0 Å². The third kappa shape index (κ3) is 2.44. The molecule has 1 atom stereocenters. The second-order valence-corrected chi connectivity index (χ2v) is 5.00. The van der Waals surface area contributed by atoms with Crippen LogP contribution in [0.25, 0.3) is 5.78 Å².